The zero-order valence-corrected chi connectivity index (χ0v) is 9.46. The first-order valence-electron chi connectivity index (χ1n) is 5.11. The van der Waals surface area contributed by atoms with Crippen molar-refractivity contribution in [3.8, 4) is 0 Å². The van der Waals surface area contributed by atoms with Crippen LogP contribution >= 0.6 is 0 Å². The molecule has 0 saturated heterocycles. The maximum Gasteiger partial charge on any atom is 0.0688 e. The lowest BCUT2D eigenvalue weighted by Crippen LogP contribution is -1.92. The number of aromatic nitrogens is 1. The second-order valence-corrected chi connectivity index (χ2v) is 4.10. The zero-order valence-electron chi connectivity index (χ0n) is 9.46. The molecule has 0 aliphatic heterocycles. The number of aryl methyl sites for hydroxylation is 2. The van der Waals surface area contributed by atoms with E-state index in [2.05, 4.69) is 43.6 Å². The number of nitrogens with zero attached hydrogens (tertiary/aromatic N) is 1. The second-order valence-electron chi connectivity index (χ2n) is 4.10. The largest absolute Gasteiger partial charge is 0.256 e. The Morgan fingerprint density at radius 3 is 2.67 bits per heavy atom. The molecule has 1 heteroatoms. The summed E-state index contributed by atoms with van der Waals surface area (Å²) in [5, 5.41) is 2.48. The lowest BCUT2D eigenvalue weighted by Gasteiger charge is -2.08. The van der Waals surface area contributed by atoms with Crippen LogP contribution in [0.4, 0.5) is 0 Å². The Labute approximate surface area is 90.5 Å². The van der Waals surface area contributed by atoms with Crippen molar-refractivity contribution in [3.05, 3.63) is 47.8 Å². The molecule has 0 aliphatic carbocycles. The van der Waals surface area contributed by atoms with E-state index in [0.29, 0.717) is 0 Å². The van der Waals surface area contributed by atoms with Crippen molar-refractivity contribution in [3.63, 3.8) is 0 Å². The topological polar surface area (TPSA) is 12.9 Å². The van der Waals surface area contributed by atoms with Crippen LogP contribution in [0.2, 0.25) is 0 Å². The molecule has 0 spiro atoms. The average Bonchev–Trinajstić information content (AvgIpc) is 2.17. The van der Waals surface area contributed by atoms with E-state index in [1.807, 2.05) is 13.1 Å². The van der Waals surface area contributed by atoms with E-state index >= 15 is 0 Å². The Bertz CT molecular complexity index is 538. The predicted octanol–water partition coefficient (Wildman–Crippen LogP) is 3.88. The second kappa shape index (κ2) is 3.50. The Balaban J connectivity index is 2.80. The highest BCUT2D eigenvalue weighted by Gasteiger charge is 2.05. The summed E-state index contributed by atoms with van der Waals surface area (Å²) in [7, 11) is 0. The summed E-state index contributed by atoms with van der Waals surface area (Å²) >= 11 is 0. The molecule has 2 aromatic rings. The van der Waals surface area contributed by atoms with Crippen LogP contribution in [-0.2, 0) is 0 Å². The molecule has 0 radical (unpaired) electrons. The van der Waals surface area contributed by atoms with Crippen LogP contribution in [0.15, 0.2) is 31.0 Å². The van der Waals surface area contributed by atoms with E-state index in [1.54, 1.807) is 0 Å². The molecule has 0 fully saturated rings. The first kappa shape index (κ1) is 9.91. The molecule has 0 unspecified atom stereocenters. The molecular weight excluding hydrogens is 182 g/mol. The number of fused-ring (bicyclic) bond motifs is 1. The first-order valence-corrected chi connectivity index (χ1v) is 5.11. The Morgan fingerprint density at radius 2 is 2.00 bits per heavy atom. The summed E-state index contributed by atoms with van der Waals surface area (Å²) in [6, 6.07) is 6.46. The van der Waals surface area contributed by atoms with Gasteiger partial charge < -0.3 is 0 Å². The standard InChI is InChI=1S/C14H15N/c1-9(2)14-11(4)13-6-5-10(3)7-12(13)8-15-14/h5-8H,1H2,2-4H3. The third-order valence-corrected chi connectivity index (χ3v) is 2.70. The van der Waals surface area contributed by atoms with Gasteiger partial charge in [-0.15, -0.1) is 0 Å². The summed E-state index contributed by atoms with van der Waals surface area (Å²) < 4.78 is 0. The Hall–Kier alpha value is -1.63. The van der Waals surface area contributed by atoms with E-state index in [0.717, 1.165) is 11.3 Å². The van der Waals surface area contributed by atoms with Gasteiger partial charge in [0.25, 0.3) is 0 Å². The van der Waals surface area contributed by atoms with Gasteiger partial charge in [-0.3, -0.25) is 4.98 Å². The number of hydrogen-bond donors (Lipinski definition) is 0. The van der Waals surface area contributed by atoms with Crippen molar-refractivity contribution in [2.24, 2.45) is 0 Å². The fraction of sp³-hybridized carbons (Fsp3) is 0.214. The molecule has 0 amide bonds. The highest BCUT2D eigenvalue weighted by molar-refractivity contribution is 5.88. The quantitative estimate of drug-likeness (QED) is 0.676. The van der Waals surface area contributed by atoms with Crippen LogP contribution in [0.25, 0.3) is 16.3 Å². The third-order valence-electron chi connectivity index (χ3n) is 2.70. The van der Waals surface area contributed by atoms with Crippen LogP contribution < -0.4 is 0 Å². The van der Waals surface area contributed by atoms with Gasteiger partial charge in [0.2, 0.25) is 0 Å². The van der Waals surface area contributed by atoms with Gasteiger partial charge in [-0.05, 0) is 43.4 Å². The van der Waals surface area contributed by atoms with E-state index < -0.39 is 0 Å². The number of pyridine rings is 1. The van der Waals surface area contributed by atoms with Crippen molar-refractivity contribution in [1.82, 2.24) is 4.98 Å². The van der Waals surface area contributed by atoms with Gasteiger partial charge in [0.15, 0.2) is 0 Å². The van der Waals surface area contributed by atoms with Gasteiger partial charge in [0.1, 0.15) is 0 Å². The normalized spacial score (nSPS) is 10.6. The molecule has 1 heterocycles. The smallest absolute Gasteiger partial charge is 0.0688 e. The maximum absolute atomic E-state index is 4.45. The molecule has 1 aromatic heterocycles. The van der Waals surface area contributed by atoms with Crippen LogP contribution in [0.1, 0.15) is 23.7 Å². The van der Waals surface area contributed by atoms with Gasteiger partial charge in [0, 0.05) is 11.6 Å². The molecule has 76 valence electrons. The fourth-order valence-electron chi connectivity index (χ4n) is 1.92. The van der Waals surface area contributed by atoms with Gasteiger partial charge >= 0.3 is 0 Å². The highest BCUT2D eigenvalue weighted by atomic mass is 14.7. The van der Waals surface area contributed by atoms with Crippen LogP contribution in [0.5, 0.6) is 0 Å². The molecule has 2 rings (SSSR count). The maximum atomic E-state index is 4.45. The van der Waals surface area contributed by atoms with Crippen molar-refractivity contribution >= 4 is 16.3 Å². The third kappa shape index (κ3) is 1.65. The minimum atomic E-state index is 1.02. The summed E-state index contributed by atoms with van der Waals surface area (Å²) in [4.78, 5) is 4.45. The lowest BCUT2D eigenvalue weighted by atomic mass is 10.0. The molecule has 0 bridgehead atoms. The van der Waals surface area contributed by atoms with Gasteiger partial charge in [0.05, 0.1) is 5.69 Å². The van der Waals surface area contributed by atoms with E-state index in [1.165, 1.54) is 21.9 Å². The van der Waals surface area contributed by atoms with Crippen molar-refractivity contribution in [1.29, 1.82) is 0 Å². The first-order chi connectivity index (χ1) is 7.09. The molecule has 0 aliphatic rings. The molecule has 1 nitrogen and oxygen atoms in total. The zero-order chi connectivity index (χ0) is 11.0. The van der Waals surface area contributed by atoms with Crippen LogP contribution in [0.3, 0.4) is 0 Å². The Morgan fingerprint density at radius 1 is 1.27 bits per heavy atom. The molecular formula is C14H15N. The van der Waals surface area contributed by atoms with Crippen molar-refractivity contribution < 1.29 is 0 Å². The summed E-state index contributed by atoms with van der Waals surface area (Å²) in [6.07, 6.45) is 1.93. The SMILES string of the molecule is C=C(C)c1ncc2cc(C)ccc2c1C. The minimum Gasteiger partial charge on any atom is -0.256 e. The fourth-order valence-corrected chi connectivity index (χ4v) is 1.92. The molecule has 1 aromatic carbocycles. The van der Waals surface area contributed by atoms with Gasteiger partial charge in [-0.25, -0.2) is 0 Å². The van der Waals surface area contributed by atoms with Crippen LogP contribution in [-0.4, -0.2) is 4.98 Å². The van der Waals surface area contributed by atoms with Crippen LogP contribution in [0, 0.1) is 13.8 Å². The highest BCUT2D eigenvalue weighted by Crippen LogP contribution is 2.24. The van der Waals surface area contributed by atoms with Gasteiger partial charge in [-0.2, -0.15) is 0 Å². The number of allylic oxidation sites excluding steroid dienone is 1. The summed E-state index contributed by atoms with van der Waals surface area (Å²) in [6.45, 7) is 10.1. The van der Waals surface area contributed by atoms with E-state index in [4.69, 9.17) is 0 Å². The molecule has 0 atom stereocenters. The number of hydrogen-bond acceptors (Lipinski definition) is 1. The number of benzene rings is 1. The predicted molar refractivity (Wildman–Crippen MR) is 65.9 cm³/mol. The molecule has 15 heavy (non-hydrogen) atoms. The van der Waals surface area contributed by atoms with Gasteiger partial charge in [-0.1, -0.05) is 24.3 Å². The minimum absolute atomic E-state index is 1.02. The summed E-state index contributed by atoms with van der Waals surface area (Å²) in [5.74, 6) is 0. The Kier molecular flexibility index (Phi) is 2.31. The van der Waals surface area contributed by atoms with Crippen molar-refractivity contribution in [2.75, 3.05) is 0 Å². The summed E-state index contributed by atoms with van der Waals surface area (Å²) in [5.41, 5.74) is 4.54. The lowest BCUT2D eigenvalue weighted by molar-refractivity contribution is 1.24. The number of rotatable bonds is 1. The van der Waals surface area contributed by atoms with E-state index in [9.17, 15) is 0 Å². The van der Waals surface area contributed by atoms with Crippen molar-refractivity contribution in [2.45, 2.75) is 20.8 Å². The van der Waals surface area contributed by atoms with E-state index in [-0.39, 0.29) is 0 Å². The molecule has 0 saturated carbocycles. The monoisotopic (exact) mass is 197 g/mol. The average molecular weight is 197 g/mol. The molecule has 0 N–H and O–H groups in total.